The van der Waals surface area contributed by atoms with E-state index in [1.165, 1.54) is 17.7 Å². The number of aryl methyl sites for hydroxylation is 1. The summed E-state index contributed by atoms with van der Waals surface area (Å²) in [5, 5.41) is 3.43. The van der Waals surface area contributed by atoms with Crippen molar-refractivity contribution in [3.63, 3.8) is 0 Å². The third-order valence-corrected chi connectivity index (χ3v) is 5.84. The van der Waals surface area contributed by atoms with Gasteiger partial charge in [0.05, 0.1) is 17.1 Å². The molecule has 5 nitrogen and oxygen atoms in total. The maximum Gasteiger partial charge on any atom is 0.138 e. The summed E-state index contributed by atoms with van der Waals surface area (Å²) in [4.78, 5) is 14.1. The number of piperidine rings is 1. The molecule has 0 unspecified atom stereocenters. The maximum atomic E-state index is 13.5. The number of benzene rings is 1. The van der Waals surface area contributed by atoms with Gasteiger partial charge in [-0.1, -0.05) is 6.92 Å². The van der Waals surface area contributed by atoms with Gasteiger partial charge in [-0.2, -0.15) is 0 Å². The largest absolute Gasteiger partial charge is 0.317 e. The van der Waals surface area contributed by atoms with E-state index < -0.39 is 0 Å². The number of pyridine rings is 1. The molecule has 1 N–H and O–H groups in total. The first-order valence-corrected chi connectivity index (χ1v) is 10.5. The Hall–Kier alpha value is -3.12. The maximum absolute atomic E-state index is 13.5. The fourth-order valence-electron chi connectivity index (χ4n) is 4.22. The normalized spacial score (nSPS) is 15.0. The van der Waals surface area contributed by atoms with E-state index in [1.54, 1.807) is 18.3 Å². The molecule has 4 heterocycles. The molecular formula is C24H24FN5. The van der Waals surface area contributed by atoms with Crippen molar-refractivity contribution in [2.45, 2.75) is 32.1 Å². The number of imidazole rings is 1. The number of hydrogen-bond acceptors (Lipinski definition) is 4. The molecular weight excluding hydrogens is 377 g/mol. The molecule has 1 aromatic carbocycles. The van der Waals surface area contributed by atoms with E-state index in [9.17, 15) is 4.39 Å². The van der Waals surface area contributed by atoms with Gasteiger partial charge in [0.2, 0.25) is 0 Å². The highest BCUT2D eigenvalue weighted by Gasteiger charge is 2.20. The first-order chi connectivity index (χ1) is 14.7. The standard InChI is InChI=1S/C24H24FN5/c1-2-21-27-13-9-20(28-21)24-23(17-3-5-19(25)6-4-17)29-22-15-18(10-14-30(22)24)16-7-11-26-12-8-16/h3-6,9-10,13-16,26H,2,7-8,11-12H2,1H3. The van der Waals surface area contributed by atoms with Crippen molar-refractivity contribution in [3.8, 4) is 22.6 Å². The van der Waals surface area contributed by atoms with Crippen LogP contribution in [0, 0.1) is 5.82 Å². The van der Waals surface area contributed by atoms with Crippen LogP contribution in [0.25, 0.3) is 28.3 Å². The second-order valence-electron chi connectivity index (χ2n) is 7.74. The molecule has 0 bridgehead atoms. The summed E-state index contributed by atoms with van der Waals surface area (Å²) in [6, 6.07) is 12.8. The van der Waals surface area contributed by atoms with Crippen molar-refractivity contribution in [3.05, 3.63) is 72.1 Å². The zero-order valence-corrected chi connectivity index (χ0v) is 17.0. The Kier molecular flexibility index (Phi) is 5.01. The van der Waals surface area contributed by atoms with Crippen molar-refractivity contribution < 1.29 is 4.39 Å². The number of fused-ring (bicyclic) bond motifs is 1. The predicted molar refractivity (Wildman–Crippen MR) is 116 cm³/mol. The summed E-state index contributed by atoms with van der Waals surface area (Å²) in [7, 11) is 0. The van der Waals surface area contributed by atoms with E-state index in [1.807, 2.05) is 13.0 Å². The quantitative estimate of drug-likeness (QED) is 0.542. The molecule has 1 aliphatic rings. The molecule has 0 amide bonds. The minimum Gasteiger partial charge on any atom is -0.317 e. The molecule has 152 valence electrons. The van der Waals surface area contributed by atoms with Gasteiger partial charge in [-0.3, -0.25) is 4.40 Å². The molecule has 0 spiro atoms. The van der Waals surface area contributed by atoms with Gasteiger partial charge < -0.3 is 5.32 Å². The van der Waals surface area contributed by atoms with E-state index in [4.69, 9.17) is 9.97 Å². The third kappa shape index (κ3) is 3.48. The minimum atomic E-state index is -0.257. The Morgan fingerprint density at radius 1 is 1.07 bits per heavy atom. The van der Waals surface area contributed by atoms with Gasteiger partial charge in [-0.05, 0) is 79.9 Å². The number of halogens is 1. The molecule has 30 heavy (non-hydrogen) atoms. The van der Waals surface area contributed by atoms with E-state index in [2.05, 4.69) is 33.0 Å². The van der Waals surface area contributed by atoms with Gasteiger partial charge in [0.1, 0.15) is 17.3 Å². The Labute approximate surface area is 175 Å². The van der Waals surface area contributed by atoms with Gasteiger partial charge in [0.25, 0.3) is 0 Å². The molecule has 0 radical (unpaired) electrons. The van der Waals surface area contributed by atoms with Crippen LogP contribution in [0.2, 0.25) is 0 Å². The van der Waals surface area contributed by atoms with Crippen LogP contribution >= 0.6 is 0 Å². The average molecular weight is 401 g/mol. The molecule has 1 saturated heterocycles. The lowest BCUT2D eigenvalue weighted by atomic mass is 9.91. The third-order valence-electron chi connectivity index (χ3n) is 5.84. The van der Waals surface area contributed by atoms with Gasteiger partial charge in [-0.15, -0.1) is 0 Å². The molecule has 1 fully saturated rings. The highest BCUT2D eigenvalue weighted by molar-refractivity contribution is 5.80. The Bertz CT molecular complexity index is 1180. The molecule has 0 aliphatic carbocycles. The summed E-state index contributed by atoms with van der Waals surface area (Å²) in [5.74, 6) is 1.09. The molecule has 4 aromatic rings. The monoisotopic (exact) mass is 401 g/mol. The first kappa shape index (κ1) is 18.9. The van der Waals surface area contributed by atoms with E-state index >= 15 is 0 Å². The van der Waals surface area contributed by atoms with Crippen LogP contribution in [0.1, 0.15) is 37.1 Å². The number of aromatic nitrogens is 4. The number of nitrogens with zero attached hydrogens (tertiary/aromatic N) is 4. The lowest BCUT2D eigenvalue weighted by Gasteiger charge is -2.23. The SMILES string of the molecule is CCc1nccc(-c2c(-c3ccc(F)cc3)nc3cc(C4CCNCC4)ccn23)n1. The molecule has 0 atom stereocenters. The Balaban J connectivity index is 1.69. The number of nitrogens with one attached hydrogen (secondary N) is 1. The van der Waals surface area contributed by atoms with Crippen LogP contribution in [0.15, 0.2) is 54.9 Å². The zero-order chi connectivity index (χ0) is 20.5. The molecule has 5 rings (SSSR count). The van der Waals surface area contributed by atoms with Crippen molar-refractivity contribution in [2.24, 2.45) is 0 Å². The topological polar surface area (TPSA) is 55.1 Å². The number of rotatable bonds is 4. The van der Waals surface area contributed by atoms with Crippen molar-refractivity contribution >= 4 is 5.65 Å². The summed E-state index contributed by atoms with van der Waals surface area (Å²) in [6.07, 6.45) is 6.92. The second kappa shape index (κ2) is 7.95. The van der Waals surface area contributed by atoms with Crippen LogP contribution in [0.3, 0.4) is 0 Å². The molecule has 1 aliphatic heterocycles. The highest BCUT2D eigenvalue weighted by atomic mass is 19.1. The van der Waals surface area contributed by atoms with Gasteiger partial charge in [-0.25, -0.2) is 19.3 Å². The first-order valence-electron chi connectivity index (χ1n) is 10.5. The van der Waals surface area contributed by atoms with Crippen molar-refractivity contribution in [2.75, 3.05) is 13.1 Å². The predicted octanol–water partition coefficient (Wildman–Crippen LogP) is 4.63. The Morgan fingerprint density at radius 2 is 1.87 bits per heavy atom. The van der Waals surface area contributed by atoms with Crippen molar-refractivity contribution in [1.82, 2.24) is 24.7 Å². The van der Waals surface area contributed by atoms with Crippen molar-refractivity contribution in [1.29, 1.82) is 0 Å². The Morgan fingerprint density at radius 3 is 2.63 bits per heavy atom. The minimum absolute atomic E-state index is 0.257. The van der Waals surface area contributed by atoms with Crippen LogP contribution in [-0.2, 0) is 6.42 Å². The lowest BCUT2D eigenvalue weighted by Crippen LogP contribution is -2.26. The lowest BCUT2D eigenvalue weighted by molar-refractivity contribution is 0.460. The fraction of sp³-hybridized carbons (Fsp3) is 0.292. The van der Waals surface area contributed by atoms with E-state index in [-0.39, 0.29) is 5.82 Å². The highest BCUT2D eigenvalue weighted by Crippen LogP contribution is 2.34. The van der Waals surface area contributed by atoms with Crippen LogP contribution in [0.4, 0.5) is 4.39 Å². The molecule has 6 heteroatoms. The van der Waals surface area contributed by atoms with Gasteiger partial charge in [0.15, 0.2) is 0 Å². The van der Waals surface area contributed by atoms with Gasteiger partial charge in [0, 0.05) is 24.4 Å². The van der Waals surface area contributed by atoms with Crippen LogP contribution in [-0.4, -0.2) is 32.4 Å². The zero-order valence-electron chi connectivity index (χ0n) is 17.0. The summed E-state index contributed by atoms with van der Waals surface area (Å²) < 4.78 is 15.6. The van der Waals surface area contributed by atoms with E-state index in [0.29, 0.717) is 5.92 Å². The van der Waals surface area contributed by atoms with Crippen LogP contribution < -0.4 is 5.32 Å². The molecule has 3 aromatic heterocycles. The number of hydrogen-bond donors (Lipinski definition) is 1. The smallest absolute Gasteiger partial charge is 0.138 e. The van der Waals surface area contributed by atoms with Crippen LogP contribution in [0.5, 0.6) is 0 Å². The summed E-state index contributed by atoms with van der Waals surface area (Å²) in [6.45, 7) is 4.15. The summed E-state index contributed by atoms with van der Waals surface area (Å²) in [5.41, 5.74) is 5.61. The van der Waals surface area contributed by atoms with E-state index in [0.717, 1.165) is 66.5 Å². The summed E-state index contributed by atoms with van der Waals surface area (Å²) >= 11 is 0. The molecule has 0 saturated carbocycles. The second-order valence-corrected chi connectivity index (χ2v) is 7.74. The van der Waals surface area contributed by atoms with Gasteiger partial charge >= 0.3 is 0 Å². The fourth-order valence-corrected chi connectivity index (χ4v) is 4.22. The average Bonchev–Trinajstić information content (AvgIpc) is 3.19.